The lowest BCUT2D eigenvalue weighted by Gasteiger charge is -2.08. The highest BCUT2D eigenvalue weighted by Crippen LogP contribution is 2.29. The molecular weight excluding hydrogens is 264 g/mol. The highest BCUT2D eigenvalue weighted by atomic mass is 32.3. The smallest absolute Gasteiger partial charge is 0.446 e. The Hall–Kier alpha value is -2.06. The molecule has 1 aromatic carbocycles. The van der Waals surface area contributed by atoms with Crippen molar-refractivity contribution in [3.8, 4) is 11.5 Å². The highest BCUT2D eigenvalue weighted by Gasteiger charge is 2.12. The minimum Gasteiger partial charge on any atom is -0.493 e. The summed E-state index contributed by atoms with van der Waals surface area (Å²) in [6, 6.07) is 4.00. The molecule has 0 radical (unpaired) electrons. The summed E-state index contributed by atoms with van der Waals surface area (Å²) >= 11 is 0. The number of rotatable bonds is 5. The summed E-state index contributed by atoms with van der Waals surface area (Å²) in [5, 5.41) is 8.45. The van der Waals surface area contributed by atoms with Gasteiger partial charge < -0.3 is 14.0 Å². The van der Waals surface area contributed by atoms with E-state index in [1.807, 2.05) is 0 Å². The van der Waals surface area contributed by atoms with Gasteiger partial charge in [-0.1, -0.05) is 6.07 Å². The zero-order chi connectivity index (χ0) is 13.8. The number of methoxy groups -OCH3 is 1. The summed E-state index contributed by atoms with van der Waals surface area (Å²) in [7, 11) is -3.37. The van der Waals surface area contributed by atoms with Crippen LogP contribution >= 0.6 is 0 Å². The molecule has 0 saturated carbocycles. The maximum atomic E-state index is 10.6. The van der Waals surface area contributed by atoms with Crippen LogP contribution in [0.1, 0.15) is 5.56 Å². The minimum absolute atomic E-state index is 0.0418. The maximum Gasteiger partial charge on any atom is 0.446 e. The van der Waals surface area contributed by atoms with E-state index >= 15 is 0 Å². The van der Waals surface area contributed by atoms with Gasteiger partial charge in [0.15, 0.2) is 11.5 Å². The first kappa shape index (κ1) is 14.0. The molecule has 0 fully saturated rings. The molecule has 0 bridgehead atoms. The second-order valence-corrected chi connectivity index (χ2v) is 4.12. The molecule has 0 amide bonds. The molecule has 8 heteroatoms. The minimum atomic E-state index is -4.64. The number of carboxylic acids is 1. The van der Waals surface area contributed by atoms with Gasteiger partial charge in [0.2, 0.25) is 0 Å². The summed E-state index contributed by atoms with van der Waals surface area (Å²) in [6.45, 7) is 0. The third-order valence-corrected chi connectivity index (χ3v) is 2.19. The fourth-order valence-corrected chi connectivity index (χ4v) is 1.50. The average molecular weight is 274 g/mol. The van der Waals surface area contributed by atoms with E-state index in [2.05, 4.69) is 4.18 Å². The fourth-order valence-electron chi connectivity index (χ4n) is 1.14. The van der Waals surface area contributed by atoms with Gasteiger partial charge in [-0.15, -0.1) is 0 Å². The molecule has 0 aromatic heterocycles. The van der Waals surface area contributed by atoms with Crippen molar-refractivity contribution in [2.75, 3.05) is 7.11 Å². The Labute approximate surface area is 103 Å². The third-order valence-electron chi connectivity index (χ3n) is 1.80. The van der Waals surface area contributed by atoms with Crippen LogP contribution in [0, 0.1) is 0 Å². The van der Waals surface area contributed by atoms with Gasteiger partial charge in [-0.25, -0.2) is 4.79 Å². The van der Waals surface area contributed by atoms with Crippen LogP contribution in [0.4, 0.5) is 0 Å². The first-order chi connectivity index (χ1) is 8.31. The molecule has 98 valence electrons. The quantitative estimate of drug-likeness (QED) is 0.608. The first-order valence-corrected chi connectivity index (χ1v) is 5.94. The standard InChI is InChI=1S/C10H10O7S/c1-16-9-6-7(3-5-10(11)12)2-4-8(9)17-18(13,14)15/h2-6H,1H3,(H,11,12)(H,13,14,15)/b5-3-. The number of carbonyl (C=O) groups is 1. The van der Waals surface area contributed by atoms with Crippen molar-refractivity contribution in [3.05, 3.63) is 29.8 Å². The number of hydrogen-bond donors (Lipinski definition) is 2. The topological polar surface area (TPSA) is 110 Å². The largest absolute Gasteiger partial charge is 0.493 e. The lowest BCUT2D eigenvalue weighted by Crippen LogP contribution is -2.07. The summed E-state index contributed by atoms with van der Waals surface area (Å²) in [5.74, 6) is -1.28. The molecular formula is C10H10O7S. The van der Waals surface area contributed by atoms with Gasteiger partial charge in [0.25, 0.3) is 0 Å². The van der Waals surface area contributed by atoms with Gasteiger partial charge in [-0.2, -0.15) is 8.42 Å². The van der Waals surface area contributed by atoms with E-state index in [1.54, 1.807) is 0 Å². The van der Waals surface area contributed by atoms with Crippen molar-refractivity contribution in [3.63, 3.8) is 0 Å². The van der Waals surface area contributed by atoms with Crippen LogP contribution in [0.5, 0.6) is 11.5 Å². The van der Waals surface area contributed by atoms with Gasteiger partial charge in [-0.05, 0) is 23.8 Å². The average Bonchev–Trinajstić information content (AvgIpc) is 2.25. The van der Waals surface area contributed by atoms with Gasteiger partial charge in [-0.3, -0.25) is 4.55 Å². The van der Waals surface area contributed by atoms with Crippen LogP contribution in [0.15, 0.2) is 24.3 Å². The van der Waals surface area contributed by atoms with Gasteiger partial charge in [0.05, 0.1) is 7.11 Å². The van der Waals surface area contributed by atoms with Crippen molar-refractivity contribution in [2.24, 2.45) is 0 Å². The molecule has 0 unspecified atom stereocenters. The Morgan fingerprint density at radius 1 is 1.33 bits per heavy atom. The van der Waals surface area contributed by atoms with Crippen LogP contribution in [-0.4, -0.2) is 31.2 Å². The second-order valence-electron chi connectivity index (χ2n) is 3.09. The van der Waals surface area contributed by atoms with Crippen molar-refractivity contribution in [1.82, 2.24) is 0 Å². The molecule has 1 aromatic rings. The van der Waals surface area contributed by atoms with Gasteiger partial charge in [0, 0.05) is 6.08 Å². The molecule has 7 nitrogen and oxygen atoms in total. The number of aliphatic carboxylic acids is 1. The monoisotopic (exact) mass is 274 g/mol. The van der Waals surface area contributed by atoms with Crippen LogP contribution in [0.3, 0.4) is 0 Å². The fraction of sp³-hybridized carbons (Fsp3) is 0.100. The summed E-state index contributed by atoms with van der Waals surface area (Å²) in [6.07, 6.45) is 2.21. The second kappa shape index (κ2) is 5.52. The lowest BCUT2D eigenvalue weighted by atomic mass is 10.2. The Balaban J connectivity index is 3.07. The summed E-state index contributed by atoms with van der Waals surface area (Å²) in [4.78, 5) is 10.3. The van der Waals surface area contributed by atoms with Crippen molar-refractivity contribution in [2.45, 2.75) is 0 Å². The van der Waals surface area contributed by atoms with Gasteiger partial charge >= 0.3 is 16.4 Å². The molecule has 0 saturated heterocycles. The lowest BCUT2D eigenvalue weighted by molar-refractivity contribution is -0.131. The molecule has 0 aliphatic rings. The summed E-state index contributed by atoms with van der Waals surface area (Å²) < 4.78 is 38.8. The predicted molar refractivity (Wildman–Crippen MR) is 61.8 cm³/mol. The number of ether oxygens (including phenoxy) is 1. The molecule has 0 atom stereocenters. The highest BCUT2D eigenvalue weighted by molar-refractivity contribution is 7.81. The normalized spacial score (nSPS) is 11.4. The van der Waals surface area contributed by atoms with E-state index in [0.717, 1.165) is 6.08 Å². The summed E-state index contributed by atoms with van der Waals surface area (Å²) in [5.41, 5.74) is 0.469. The maximum absolute atomic E-state index is 10.6. The number of benzene rings is 1. The third kappa shape index (κ3) is 4.44. The zero-order valence-electron chi connectivity index (χ0n) is 9.23. The van der Waals surface area contributed by atoms with Crippen LogP contribution in [0.25, 0.3) is 6.08 Å². The Morgan fingerprint density at radius 2 is 2.00 bits per heavy atom. The Bertz CT molecular complexity index is 574. The van der Waals surface area contributed by atoms with Crippen molar-refractivity contribution >= 4 is 22.4 Å². The number of carboxylic acid groups (broad SMARTS) is 1. The van der Waals surface area contributed by atoms with Crippen molar-refractivity contribution < 1.29 is 31.8 Å². The SMILES string of the molecule is COc1cc(/C=C\C(=O)O)ccc1OS(=O)(=O)O. The molecule has 1 rings (SSSR count). The van der Waals surface area contributed by atoms with E-state index in [4.69, 9.17) is 14.4 Å². The van der Waals surface area contributed by atoms with Gasteiger partial charge in [0.1, 0.15) is 0 Å². The first-order valence-electron chi connectivity index (χ1n) is 4.58. The van der Waals surface area contributed by atoms with Crippen LogP contribution < -0.4 is 8.92 Å². The van der Waals surface area contributed by atoms with E-state index in [9.17, 15) is 13.2 Å². The Kier molecular flexibility index (Phi) is 4.29. The molecule has 0 aliphatic heterocycles. The van der Waals surface area contributed by atoms with Crippen LogP contribution in [-0.2, 0) is 15.2 Å². The van der Waals surface area contributed by atoms with E-state index in [-0.39, 0.29) is 11.5 Å². The van der Waals surface area contributed by atoms with Crippen LogP contribution in [0.2, 0.25) is 0 Å². The van der Waals surface area contributed by atoms with Crippen molar-refractivity contribution in [1.29, 1.82) is 0 Å². The molecule has 2 N–H and O–H groups in total. The molecule has 0 heterocycles. The van der Waals surface area contributed by atoms with E-state index in [0.29, 0.717) is 5.56 Å². The molecule has 18 heavy (non-hydrogen) atoms. The molecule has 0 spiro atoms. The van der Waals surface area contributed by atoms with E-state index < -0.39 is 16.4 Å². The zero-order valence-corrected chi connectivity index (χ0v) is 10.0. The number of hydrogen-bond acceptors (Lipinski definition) is 5. The Morgan fingerprint density at radius 3 is 2.50 bits per heavy atom. The predicted octanol–water partition coefficient (Wildman–Crippen LogP) is 0.975. The molecule has 0 aliphatic carbocycles. The van der Waals surface area contributed by atoms with E-state index in [1.165, 1.54) is 31.4 Å².